The van der Waals surface area contributed by atoms with Crippen LogP contribution in [0.2, 0.25) is 0 Å². The van der Waals surface area contributed by atoms with Gasteiger partial charge < -0.3 is 0 Å². The lowest BCUT2D eigenvalue weighted by Crippen LogP contribution is -2.37. The summed E-state index contributed by atoms with van der Waals surface area (Å²) in [5.41, 5.74) is 5.87. The molecule has 0 aliphatic heterocycles. The van der Waals surface area contributed by atoms with Crippen molar-refractivity contribution in [2.75, 3.05) is 5.43 Å². The lowest BCUT2D eigenvalue weighted by Gasteiger charge is -2.09. The number of aromatic nitrogens is 4. The molecule has 0 aliphatic rings. The zero-order chi connectivity index (χ0) is 21.3. The van der Waals surface area contributed by atoms with Gasteiger partial charge in [-0.1, -0.05) is 60.2 Å². The minimum atomic E-state index is -0.424. The van der Waals surface area contributed by atoms with Gasteiger partial charge in [-0.2, -0.15) is 10.1 Å². The molecule has 0 unspecified atom stereocenters. The second-order valence-electron chi connectivity index (χ2n) is 7.17. The van der Waals surface area contributed by atoms with Crippen molar-refractivity contribution in [1.82, 2.24) is 18.7 Å². The minimum absolute atomic E-state index is 0.312. The fourth-order valence-electron chi connectivity index (χ4n) is 3.27. The maximum atomic E-state index is 12.9. The summed E-state index contributed by atoms with van der Waals surface area (Å²) in [4.78, 5) is 29.7. The van der Waals surface area contributed by atoms with Gasteiger partial charge in [0.15, 0.2) is 11.2 Å². The number of nitrogens with zero attached hydrogens (tertiary/aromatic N) is 5. The smallest absolute Gasteiger partial charge is 0.298 e. The third-order valence-electron chi connectivity index (χ3n) is 4.99. The Labute approximate surface area is 172 Å². The normalized spacial score (nSPS) is 11.4. The number of hydrogen-bond donors (Lipinski definition) is 1. The first kappa shape index (κ1) is 19.4. The van der Waals surface area contributed by atoms with Crippen molar-refractivity contribution in [3.8, 4) is 0 Å². The summed E-state index contributed by atoms with van der Waals surface area (Å²) in [6, 6.07) is 17.7. The van der Waals surface area contributed by atoms with Gasteiger partial charge >= 0.3 is 5.69 Å². The van der Waals surface area contributed by atoms with Crippen molar-refractivity contribution in [1.29, 1.82) is 0 Å². The fourth-order valence-corrected chi connectivity index (χ4v) is 3.27. The number of aryl methyl sites for hydroxylation is 2. The summed E-state index contributed by atoms with van der Waals surface area (Å²) in [5.74, 6) is 0.385. The number of hydrazone groups is 1. The highest BCUT2D eigenvalue weighted by molar-refractivity contribution is 5.80. The largest absolute Gasteiger partial charge is 0.332 e. The minimum Gasteiger partial charge on any atom is -0.298 e. The maximum absolute atomic E-state index is 12.9. The summed E-state index contributed by atoms with van der Waals surface area (Å²) < 4.78 is 4.21. The molecule has 1 N–H and O–H groups in total. The number of hydrogen-bond acceptors (Lipinski definition) is 5. The molecule has 4 rings (SSSR count). The SMILES string of the molecule is Cc1ccc(/C=N/Nc2nc3c(c(=O)n(C)c(=O)n3C)n2Cc2ccccc2)cc1. The third-order valence-corrected chi connectivity index (χ3v) is 4.99. The molecular weight excluding hydrogens is 380 g/mol. The van der Waals surface area contributed by atoms with Crippen LogP contribution >= 0.6 is 0 Å². The first-order chi connectivity index (χ1) is 14.5. The van der Waals surface area contributed by atoms with Crippen LogP contribution in [-0.2, 0) is 20.6 Å². The molecule has 152 valence electrons. The van der Waals surface area contributed by atoms with Crippen molar-refractivity contribution < 1.29 is 0 Å². The predicted octanol–water partition coefficient (Wildman–Crippen LogP) is 2.24. The standard InChI is InChI=1S/C22H22N6O2/c1-15-9-11-16(12-10-15)13-23-25-21-24-19-18(20(29)27(3)22(30)26(19)2)28(21)14-17-7-5-4-6-8-17/h4-13H,14H2,1-3H3,(H,24,25)/b23-13+. The Morgan fingerprint density at radius 3 is 2.40 bits per heavy atom. The lowest BCUT2D eigenvalue weighted by atomic mass is 10.2. The summed E-state index contributed by atoms with van der Waals surface area (Å²) in [6.45, 7) is 2.43. The predicted molar refractivity (Wildman–Crippen MR) is 118 cm³/mol. The Kier molecular flexibility index (Phi) is 5.05. The van der Waals surface area contributed by atoms with Crippen molar-refractivity contribution in [2.24, 2.45) is 19.2 Å². The van der Waals surface area contributed by atoms with Crippen LogP contribution in [0.3, 0.4) is 0 Å². The molecule has 2 aromatic heterocycles. The summed E-state index contributed by atoms with van der Waals surface area (Å²) in [7, 11) is 3.07. The average molecular weight is 402 g/mol. The van der Waals surface area contributed by atoms with Crippen LogP contribution in [0.15, 0.2) is 69.3 Å². The van der Waals surface area contributed by atoms with E-state index in [0.29, 0.717) is 23.7 Å². The van der Waals surface area contributed by atoms with Gasteiger partial charge in [-0.15, -0.1) is 0 Å². The second-order valence-corrected chi connectivity index (χ2v) is 7.17. The van der Waals surface area contributed by atoms with E-state index in [-0.39, 0.29) is 0 Å². The van der Waals surface area contributed by atoms with Crippen LogP contribution in [-0.4, -0.2) is 24.9 Å². The molecule has 0 saturated carbocycles. The number of benzene rings is 2. The summed E-state index contributed by atoms with van der Waals surface area (Å²) in [5, 5.41) is 4.29. The highest BCUT2D eigenvalue weighted by atomic mass is 16.2. The van der Waals surface area contributed by atoms with E-state index in [1.807, 2.05) is 61.5 Å². The maximum Gasteiger partial charge on any atom is 0.332 e. The molecule has 2 aromatic carbocycles. The average Bonchev–Trinajstić information content (AvgIpc) is 3.11. The molecule has 0 aliphatic carbocycles. The Balaban J connectivity index is 1.81. The van der Waals surface area contributed by atoms with Gasteiger partial charge in [0.25, 0.3) is 5.56 Å². The number of imidazole rings is 1. The van der Waals surface area contributed by atoms with Crippen LogP contribution in [0.5, 0.6) is 0 Å². The molecule has 0 atom stereocenters. The van der Waals surface area contributed by atoms with Gasteiger partial charge in [0.05, 0.1) is 12.8 Å². The quantitative estimate of drug-likeness (QED) is 0.410. The molecule has 0 bridgehead atoms. The molecule has 8 heteroatoms. The van der Waals surface area contributed by atoms with E-state index in [1.165, 1.54) is 17.2 Å². The summed E-state index contributed by atoms with van der Waals surface area (Å²) in [6.07, 6.45) is 1.68. The highest BCUT2D eigenvalue weighted by Crippen LogP contribution is 2.18. The molecule has 0 amide bonds. The van der Waals surface area contributed by atoms with Crippen molar-refractivity contribution in [3.63, 3.8) is 0 Å². The van der Waals surface area contributed by atoms with Gasteiger partial charge in [0.2, 0.25) is 5.95 Å². The van der Waals surface area contributed by atoms with Crippen LogP contribution in [0.4, 0.5) is 5.95 Å². The van der Waals surface area contributed by atoms with Gasteiger partial charge in [0.1, 0.15) is 0 Å². The second kappa shape index (κ2) is 7.82. The first-order valence-electron chi connectivity index (χ1n) is 9.51. The van der Waals surface area contributed by atoms with E-state index in [1.54, 1.807) is 17.8 Å². The molecular formula is C22H22N6O2. The van der Waals surface area contributed by atoms with Gasteiger partial charge in [-0.05, 0) is 18.1 Å². The van der Waals surface area contributed by atoms with Crippen LogP contribution in [0, 0.1) is 6.92 Å². The summed E-state index contributed by atoms with van der Waals surface area (Å²) >= 11 is 0. The molecule has 0 saturated heterocycles. The molecule has 0 radical (unpaired) electrons. The van der Waals surface area contributed by atoms with Gasteiger partial charge in [-0.25, -0.2) is 10.2 Å². The lowest BCUT2D eigenvalue weighted by molar-refractivity contribution is 0.702. The van der Waals surface area contributed by atoms with Crippen molar-refractivity contribution in [3.05, 3.63) is 92.1 Å². The molecule has 4 aromatic rings. The van der Waals surface area contributed by atoms with E-state index >= 15 is 0 Å². The van der Waals surface area contributed by atoms with E-state index in [9.17, 15) is 9.59 Å². The Hall–Kier alpha value is -3.94. The van der Waals surface area contributed by atoms with Crippen LogP contribution < -0.4 is 16.7 Å². The van der Waals surface area contributed by atoms with E-state index in [0.717, 1.165) is 15.7 Å². The zero-order valence-corrected chi connectivity index (χ0v) is 17.0. The topological polar surface area (TPSA) is 86.2 Å². The Morgan fingerprint density at radius 2 is 1.70 bits per heavy atom. The van der Waals surface area contributed by atoms with Crippen LogP contribution in [0.25, 0.3) is 11.2 Å². The van der Waals surface area contributed by atoms with E-state index < -0.39 is 11.2 Å². The molecule has 0 fully saturated rings. The highest BCUT2D eigenvalue weighted by Gasteiger charge is 2.19. The number of fused-ring (bicyclic) bond motifs is 1. The fraction of sp³-hybridized carbons (Fsp3) is 0.182. The van der Waals surface area contributed by atoms with Crippen LogP contribution in [0.1, 0.15) is 16.7 Å². The number of rotatable bonds is 5. The number of anilines is 1. The van der Waals surface area contributed by atoms with Crippen molar-refractivity contribution >= 4 is 23.3 Å². The Bertz CT molecular complexity index is 1350. The first-order valence-corrected chi connectivity index (χ1v) is 9.51. The van der Waals surface area contributed by atoms with Gasteiger partial charge in [-0.3, -0.25) is 18.5 Å². The monoisotopic (exact) mass is 402 g/mol. The zero-order valence-electron chi connectivity index (χ0n) is 17.0. The Morgan fingerprint density at radius 1 is 1.00 bits per heavy atom. The third kappa shape index (κ3) is 3.55. The molecule has 30 heavy (non-hydrogen) atoms. The van der Waals surface area contributed by atoms with Crippen molar-refractivity contribution in [2.45, 2.75) is 13.5 Å². The molecule has 8 nitrogen and oxygen atoms in total. The van der Waals surface area contributed by atoms with E-state index in [4.69, 9.17) is 0 Å². The van der Waals surface area contributed by atoms with Gasteiger partial charge in [0, 0.05) is 14.1 Å². The molecule has 0 spiro atoms. The molecule has 2 heterocycles. The number of nitrogens with one attached hydrogen (secondary N) is 1. The van der Waals surface area contributed by atoms with E-state index in [2.05, 4.69) is 15.5 Å².